The van der Waals surface area contributed by atoms with Crippen molar-refractivity contribution in [2.24, 2.45) is 0 Å². The first kappa shape index (κ1) is 13.3. The number of anilines is 2. The summed E-state index contributed by atoms with van der Waals surface area (Å²) in [5.74, 6) is 0. The van der Waals surface area contributed by atoms with E-state index in [9.17, 15) is 0 Å². The van der Waals surface area contributed by atoms with Crippen LogP contribution < -0.4 is 10.5 Å². The zero-order chi connectivity index (χ0) is 14.9. The molecule has 1 heterocycles. The molecular formula is C19H19BN2. The molecule has 2 N–H and O–H groups in total. The molecule has 1 aliphatic rings. The fourth-order valence-corrected chi connectivity index (χ4v) is 3.20. The number of rotatable bonds is 3. The Hall–Kier alpha value is -2.42. The van der Waals surface area contributed by atoms with Crippen LogP contribution in [0.3, 0.4) is 0 Å². The lowest BCUT2D eigenvalue weighted by Gasteiger charge is -2.26. The maximum atomic E-state index is 3.63. The van der Waals surface area contributed by atoms with Gasteiger partial charge in [0.15, 0.2) is 0 Å². The molecular weight excluding hydrogens is 267 g/mol. The highest BCUT2D eigenvalue weighted by atomic mass is 15.0. The first-order valence-corrected chi connectivity index (χ1v) is 7.90. The van der Waals surface area contributed by atoms with Crippen molar-refractivity contribution in [2.75, 3.05) is 10.5 Å². The molecule has 3 aromatic carbocycles. The molecule has 0 aliphatic carbocycles. The van der Waals surface area contributed by atoms with Gasteiger partial charge in [0.1, 0.15) is 0 Å². The largest absolute Gasteiger partial charge is 0.409 e. The van der Waals surface area contributed by atoms with Crippen LogP contribution in [0.15, 0.2) is 60.7 Å². The van der Waals surface area contributed by atoms with Gasteiger partial charge in [-0.15, -0.1) is 0 Å². The van der Waals surface area contributed by atoms with Crippen LogP contribution in [0.4, 0.5) is 11.4 Å². The molecule has 0 saturated carbocycles. The summed E-state index contributed by atoms with van der Waals surface area (Å²) in [4.78, 5) is 0. The van der Waals surface area contributed by atoms with E-state index in [-0.39, 0.29) is 6.98 Å². The molecule has 0 saturated heterocycles. The first-order chi connectivity index (χ1) is 10.8. The van der Waals surface area contributed by atoms with Gasteiger partial charge in [-0.2, -0.15) is 0 Å². The van der Waals surface area contributed by atoms with Gasteiger partial charge in [0, 0.05) is 16.8 Å². The minimum atomic E-state index is 0.279. The van der Waals surface area contributed by atoms with Gasteiger partial charge >= 0.3 is 6.98 Å². The van der Waals surface area contributed by atoms with Crippen LogP contribution in [0.25, 0.3) is 10.8 Å². The number of aryl methyl sites for hydroxylation is 2. The number of benzene rings is 3. The van der Waals surface area contributed by atoms with Crippen molar-refractivity contribution in [3.05, 3.63) is 71.8 Å². The third-order valence-corrected chi connectivity index (χ3v) is 4.41. The van der Waals surface area contributed by atoms with Crippen molar-refractivity contribution in [3.63, 3.8) is 0 Å². The molecule has 0 fully saturated rings. The molecule has 1 aliphatic heterocycles. The second-order valence-electron chi connectivity index (χ2n) is 6.07. The third-order valence-electron chi connectivity index (χ3n) is 4.41. The average molecular weight is 286 g/mol. The van der Waals surface area contributed by atoms with Gasteiger partial charge in [-0.05, 0) is 42.7 Å². The highest BCUT2D eigenvalue weighted by Crippen LogP contribution is 2.34. The second kappa shape index (κ2) is 5.41. The van der Waals surface area contributed by atoms with Crippen molar-refractivity contribution < 1.29 is 0 Å². The van der Waals surface area contributed by atoms with E-state index in [1.165, 1.54) is 33.3 Å². The van der Waals surface area contributed by atoms with Crippen LogP contribution in [-0.2, 0) is 6.42 Å². The minimum absolute atomic E-state index is 0.279. The highest BCUT2D eigenvalue weighted by Gasteiger charge is 2.22. The van der Waals surface area contributed by atoms with Gasteiger partial charge in [0.05, 0.1) is 0 Å². The summed E-state index contributed by atoms with van der Waals surface area (Å²) in [5.41, 5.74) is 5.19. The molecule has 0 radical (unpaired) electrons. The Balaban J connectivity index is 1.53. The van der Waals surface area contributed by atoms with E-state index in [1.807, 2.05) is 0 Å². The van der Waals surface area contributed by atoms with Crippen molar-refractivity contribution in [3.8, 4) is 0 Å². The number of hydrogen-bond donors (Lipinski definition) is 2. The molecule has 4 rings (SSSR count). The van der Waals surface area contributed by atoms with Gasteiger partial charge in [-0.25, -0.2) is 0 Å². The maximum Gasteiger partial charge on any atom is 0.370 e. The first-order valence-electron chi connectivity index (χ1n) is 7.90. The predicted molar refractivity (Wildman–Crippen MR) is 96.6 cm³/mol. The Bertz CT molecular complexity index is 771. The second-order valence-corrected chi connectivity index (χ2v) is 6.07. The lowest BCUT2D eigenvalue weighted by molar-refractivity contribution is 1.11. The SMILES string of the molecule is Cc1ccc(CCB2Nc3cccc4cccc(c34)N2)cc1. The standard InChI is InChI=1S/C19H19BN2/c1-14-8-10-15(11-9-14)12-13-20-21-17-6-2-4-16-5-3-7-18(22-20)19(16)17/h2-11,21-22H,12-13H2,1H3. The summed E-state index contributed by atoms with van der Waals surface area (Å²) < 4.78 is 0. The zero-order valence-corrected chi connectivity index (χ0v) is 12.8. The van der Waals surface area contributed by atoms with E-state index in [1.54, 1.807) is 0 Å². The van der Waals surface area contributed by atoms with Crippen molar-refractivity contribution >= 4 is 29.1 Å². The summed E-state index contributed by atoms with van der Waals surface area (Å²) in [7, 11) is 0. The molecule has 22 heavy (non-hydrogen) atoms. The Morgan fingerprint density at radius 1 is 0.818 bits per heavy atom. The Kier molecular flexibility index (Phi) is 3.26. The van der Waals surface area contributed by atoms with Crippen LogP contribution in [-0.4, -0.2) is 6.98 Å². The molecule has 0 bridgehead atoms. The number of nitrogens with one attached hydrogen (secondary N) is 2. The van der Waals surface area contributed by atoms with Crippen molar-refractivity contribution in [1.29, 1.82) is 0 Å². The Morgan fingerprint density at radius 2 is 1.45 bits per heavy atom. The van der Waals surface area contributed by atoms with Crippen LogP contribution >= 0.6 is 0 Å². The molecule has 0 aromatic heterocycles. The Morgan fingerprint density at radius 3 is 2.09 bits per heavy atom. The fourth-order valence-electron chi connectivity index (χ4n) is 3.20. The lowest BCUT2D eigenvalue weighted by Crippen LogP contribution is -2.37. The van der Waals surface area contributed by atoms with Crippen LogP contribution in [0, 0.1) is 6.92 Å². The molecule has 0 unspecified atom stereocenters. The summed E-state index contributed by atoms with van der Waals surface area (Å²) in [6.07, 6.45) is 2.14. The average Bonchev–Trinajstić information content (AvgIpc) is 2.55. The van der Waals surface area contributed by atoms with Gasteiger partial charge < -0.3 is 10.5 Å². The van der Waals surface area contributed by atoms with E-state index in [0.29, 0.717) is 0 Å². The van der Waals surface area contributed by atoms with Crippen molar-refractivity contribution in [2.45, 2.75) is 19.7 Å². The molecule has 0 amide bonds. The van der Waals surface area contributed by atoms with E-state index in [0.717, 1.165) is 12.7 Å². The summed E-state index contributed by atoms with van der Waals surface area (Å²) >= 11 is 0. The normalized spacial score (nSPS) is 12.9. The lowest BCUT2D eigenvalue weighted by atomic mass is 9.68. The smallest absolute Gasteiger partial charge is 0.370 e. The molecule has 3 aromatic rings. The number of hydrogen-bond acceptors (Lipinski definition) is 2. The van der Waals surface area contributed by atoms with Crippen LogP contribution in [0.5, 0.6) is 0 Å². The van der Waals surface area contributed by atoms with Gasteiger partial charge in [0.25, 0.3) is 0 Å². The zero-order valence-electron chi connectivity index (χ0n) is 12.8. The monoisotopic (exact) mass is 286 g/mol. The van der Waals surface area contributed by atoms with E-state index in [2.05, 4.69) is 78.0 Å². The van der Waals surface area contributed by atoms with Crippen molar-refractivity contribution in [1.82, 2.24) is 0 Å². The molecule has 3 heteroatoms. The molecule has 0 atom stereocenters. The van der Waals surface area contributed by atoms with Crippen LogP contribution in [0.1, 0.15) is 11.1 Å². The topological polar surface area (TPSA) is 24.1 Å². The quantitative estimate of drug-likeness (QED) is 0.681. The third kappa shape index (κ3) is 2.43. The summed E-state index contributed by atoms with van der Waals surface area (Å²) in [6.45, 7) is 2.41. The maximum absolute atomic E-state index is 3.63. The predicted octanol–water partition coefficient (Wildman–Crippen LogP) is 4.72. The molecule has 108 valence electrons. The Labute approximate surface area is 131 Å². The fraction of sp³-hybridized carbons (Fsp3) is 0.158. The van der Waals surface area contributed by atoms with E-state index in [4.69, 9.17) is 0 Å². The minimum Gasteiger partial charge on any atom is -0.409 e. The van der Waals surface area contributed by atoms with E-state index < -0.39 is 0 Å². The summed E-state index contributed by atoms with van der Waals surface area (Å²) in [6, 6.07) is 21.8. The van der Waals surface area contributed by atoms with Crippen LogP contribution in [0.2, 0.25) is 6.32 Å². The van der Waals surface area contributed by atoms with Gasteiger partial charge in [-0.1, -0.05) is 54.1 Å². The molecule has 0 spiro atoms. The summed E-state index contributed by atoms with van der Waals surface area (Å²) in [5, 5.41) is 9.85. The van der Waals surface area contributed by atoms with Gasteiger partial charge in [-0.3, -0.25) is 0 Å². The highest BCUT2D eigenvalue weighted by molar-refractivity contribution is 6.67. The molecule has 2 nitrogen and oxygen atoms in total. The van der Waals surface area contributed by atoms with Gasteiger partial charge in [0.2, 0.25) is 0 Å². The van der Waals surface area contributed by atoms with E-state index >= 15 is 0 Å².